The molecule has 4 rings (SSSR count). The molecule has 0 bridgehead atoms. The van der Waals surface area contributed by atoms with E-state index in [1.165, 1.54) is 23.4 Å². The number of carbonyl (C=O) groups excluding carboxylic acids is 1. The molecule has 2 aliphatic rings. The topological polar surface area (TPSA) is 44.8 Å². The minimum atomic E-state index is -0.398. The highest BCUT2D eigenvalue weighted by atomic mass is 19.1. The van der Waals surface area contributed by atoms with Crippen molar-refractivity contribution >= 4 is 11.6 Å². The van der Waals surface area contributed by atoms with Crippen LogP contribution in [0.2, 0.25) is 0 Å². The summed E-state index contributed by atoms with van der Waals surface area (Å²) in [7, 11) is 0. The zero-order valence-corrected chi connectivity index (χ0v) is 19.9. The highest BCUT2D eigenvalue weighted by Gasteiger charge is 2.42. The van der Waals surface area contributed by atoms with Gasteiger partial charge in [-0.3, -0.25) is 9.69 Å². The molecule has 0 aliphatic carbocycles. The van der Waals surface area contributed by atoms with Gasteiger partial charge in [0.2, 0.25) is 0 Å². The van der Waals surface area contributed by atoms with Crippen molar-refractivity contribution in [2.24, 2.45) is 0 Å². The quantitative estimate of drug-likeness (QED) is 0.634. The van der Waals surface area contributed by atoms with Gasteiger partial charge in [0.1, 0.15) is 5.82 Å². The summed E-state index contributed by atoms with van der Waals surface area (Å²) in [6.07, 6.45) is 4.08. The van der Waals surface area contributed by atoms with Gasteiger partial charge in [-0.15, -0.1) is 0 Å². The SMILES string of the molecule is CCN(CC)c1ccc(CN2CCC3(CC[C@@H](CNC(=O)c4cccc(F)c4)O3)CC2)cc1. The first kappa shape index (κ1) is 23.7. The van der Waals surface area contributed by atoms with Crippen LogP contribution in [0.25, 0.3) is 0 Å². The van der Waals surface area contributed by atoms with Crippen LogP contribution in [0, 0.1) is 5.82 Å². The Morgan fingerprint density at radius 2 is 1.85 bits per heavy atom. The van der Waals surface area contributed by atoms with Gasteiger partial charge in [-0.25, -0.2) is 4.39 Å². The number of hydrogen-bond donors (Lipinski definition) is 1. The van der Waals surface area contributed by atoms with Crippen LogP contribution in [0.4, 0.5) is 10.1 Å². The molecule has 1 atom stereocenters. The molecule has 0 saturated carbocycles. The monoisotopic (exact) mass is 453 g/mol. The Kier molecular flexibility index (Phi) is 7.66. The zero-order chi connectivity index (χ0) is 23.3. The van der Waals surface area contributed by atoms with E-state index in [-0.39, 0.29) is 17.6 Å². The number of carbonyl (C=O) groups is 1. The fraction of sp³-hybridized carbons (Fsp3) is 0.519. The highest BCUT2D eigenvalue weighted by Crippen LogP contribution is 2.39. The number of amides is 1. The molecular formula is C27H36FN3O2. The molecule has 2 heterocycles. The van der Waals surface area contributed by atoms with E-state index in [1.54, 1.807) is 12.1 Å². The van der Waals surface area contributed by atoms with Gasteiger partial charge in [-0.05, 0) is 75.4 Å². The van der Waals surface area contributed by atoms with Crippen molar-refractivity contribution in [3.8, 4) is 0 Å². The Hall–Kier alpha value is -2.44. The van der Waals surface area contributed by atoms with E-state index in [1.807, 2.05) is 0 Å². The summed E-state index contributed by atoms with van der Waals surface area (Å²) in [6, 6.07) is 14.8. The largest absolute Gasteiger partial charge is 0.372 e. The normalized spacial score (nSPS) is 20.2. The summed E-state index contributed by atoms with van der Waals surface area (Å²) >= 11 is 0. The third-order valence-electron chi connectivity index (χ3n) is 7.15. The van der Waals surface area contributed by atoms with Gasteiger partial charge in [0, 0.05) is 50.5 Å². The molecule has 0 radical (unpaired) electrons. The van der Waals surface area contributed by atoms with E-state index in [9.17, 15) is 9.18 Å². The molecule has 2 aliphatic heterocycles. The van der Waals surface area contributed by atoms with E-state index in [0.29, 0.717) is 12.1 Å². The van der Waals surface area contributed by atoms with Crippen molar-refractivity contribution in [2.45, 2.75) is 57.8 Å². The van der Waals surface area contributed by atoms with Gasteiger partial charge in [-0.1, -0.05) is 18.2 Å². The number of rotatable bonds is 8. The molecule has 6 heteroatoms. The lowest BCUT2D eigenvalue weighted by Crippen LogP contribution is -2.44. The summed E-state index contributed by atoms with van der Waals surface area (Å²) in [6.45, 7) is 9.94. The van der Waals surface area contributed by atoms with Crippen LogP contribution < -0.4 is 10.2 Å². The van der Waals surface area contributed by atoms with Crippen LogP contribution >= 0.6 is 0 Å². The van der Waals surface area contributed by atoms with Crippen molar-refractivity contribution in [1.29, 1.82) is 0 Å². The number of nitrogens with one attached hydrogen (secondary N) is 1. The Balaban J connectivity index is 1.22. The second kappa shape index (κ2) is 10.7. The first-order valence-corrected chi connectivity index (χ1v) is 12.3. The number of likely N-dealkylation sites (tertiary alicyclic amines) is 1. The van der Waals surface area contributed by atoms with E-state index in [4.69, 9.17) is 4.74 Å². The molecule has 2 aromatic carbocycles. The molecule has 0 unspecified atom stereocenters. The van der Waals surface area contributed by atoms with Crippen LogP contribution in [0.15, 0.2) is 48.5 Å². The van der Waals surface area contributed by atoms with Crippen molar-refractivity contribution in [1.82, 2.24) is 10.2 Å². The average Bonchev–Trinajstić information content (AvgIpc) is 3.23. The first-order chi connectivity index (χ1) is 16.0. The number of halogens is 1. The molecule has 2 saturated heterocycles. The Labute approximate surface area is 196 Å². The molecule has 5 nitrogen and oxygen atoms in total. The Morgan fingerprint density at radius 1 is 1.12 bits per heavy atom. The smallest absolute Gasteiger partial charge is 0.251 e. The third-order valence-corrected chi connectivity index (χ3v) is 7.15. The van der Waals surface area contributed by atoms with Gasteiger partial charge in [0.15, 0.2) is 0 Å². The second-order valence-electron chi connectivity index (χ2n) is 9.30. The number of anilines is 1. The van der Waals surface area contributed by atoms with E-state index >= 15 is 0 Å². The second-order valence-corrected chi connectivity index (χ2v) is 9.30. The van der Waals surface area contributed by atoms with Crippen molar-refractivity contribution in [3.05, 3.63) is 65.5 Å². The minimum absolute atomic E-state index is 0.0293. The van der Waals surface area contributed by atoms with Gasteiger partial charge in [0.05, 0.1) is 11.7 Å². The fourth-order valence-corrected chi connectivity index (χ4v) is 5.12. The zero-order valence-electron chi connectivity index (χ0n) is 19.9. The van der Waals surface area contributed by atoms with E-state index < -0.39 is 5.82 Å². The standard InChI is InChI=1S/C27H36FN3O2/c1-3-31(4-2)24-10-8-21(9-11-24)20-30-16-14-27(15-17-30)13-12-25(33-27)19-29-26(32)22-6-5-7-23(28)18-22/h5-11,18,25H,3-4,12-17,19-20H2,1-2H3,(H,29,32)/t25-/m0/s1. The first-order valence-electron chi connectivity index (χ1n) is 12.3. The predicted molar refractivity (Wildman–Crippen MR) is 130 cm³/mol. The minimum Gasteiger partial charge on any atom is -0.372 e. The molecule has 2 aromatic rings. The maximum Gasteiger partial charge on any atom is 0.251 e. The van der Waals surface area contributed by atoms with Crippen molar-refractivity contribution in [3.63, 3.8) is 0 Å². The lowest BCUT2D eigenvalue weighted by atomic mass is 9.88. The lowest BCUT2D eigenvalue weighted by Gasteiger charge is -2.39. The maximum absolute atomic E-state index is 13.3. The molecule has 0 aromatic heterocycles. The van der Waals surface area contributed by atoms with Crippen molar-refractivity contribution in [2.75, 3.05) is 37.6 Å². The predicted octanol–water partition coefficient (Wildman–Crippen LogP) is 4.62. The molecule has 2 fully saturated rings. The number of nitrogens with zero attached hydrogens (tertiary/aromatic N) is 2. The molecule has 33 heavy (non-hydrogen) atoms. The van der Waals surface area contributed by atoms with E-state index in [0.717, 1.165) is 58.4 Å². The Bertz CT molecular complexity index is 921. The van der Waals surface area contributed by atoms with Crippen LogP contribution in [0.1, 0.15) is 55.5 Å². The summed E-state index contributed by atoms with van der Waals surface area (Å²) in [5.41, 5.74) is 2.93. The van der Waals surface area contributed by atoms with Crippen LogP contribution in [0.3, 0.4) is 0 Å². The third kappa shape index (κ3) is 5.92. The number of benzene rings is 2. The highest BCUT2D eigenvalue weighted by molar-refractivity contribution is 5.94. The maximum atomic E-state index is 13.3. The summed E-state index contributed by atoms with van der Waals surface area (Å²) in [5.74, 6) is -0.647. The van der Waals surface area contributed by atoms with Crippen LogP contribution in [-0.4, -0.2) is 55.2 Å². The average molecular weight is 454 g/mol. The molecular weight excluding hydrogens is 417 g/mol. The van der Waals surface area contributed by atoms with Crippen LogP contribution in [0.5, 0.6) is 0 Å². The number of hydrogen-bond acceptors (Lipinski definition) is 4. The summed E-state index contributed by atoms with van der Waals surface area (Å²) in [5, 5.41) is 2.91. The van der Waals surface area contributed by atoms with E-state index in [2.05, 4.69) is 53.2 Å². The molecule has 1 amide bonds. The Morgan fingerprint density at radius 3 is 2.52 bits per heavy atom. The lowest BCUT2D eigenvalue weighted by molar-refractivity contribution is -0.0764. The van der Waals surface area contributed by atoms with Gasteiger partial charge in [0.25, 0.3) is 5.91 Å². The van der Waals surface area contributed by atoms with Gasteiger partial charge >= 0.3 is 0 Å². The molecule has 1 N–H and O–H groups in total. The number of piperidine rings is 1. The van der Waals surface area contributed by atoms with Crippen molar-refractivity contribution < 1.29 is 13.9 Å². The van der Waals surface area contributed by atoms with Crippen LogP contribution in [-0.2, 0) is 11.3 Å². The van der Waals surface area contributed by atoms with Gasteiger partial charge < -0.3 is 15.0 Å². The number of ether oxygens (including phenoxy) is 1. The summed E-state index contributed by atoms with van der Waals surface area (Å²) < 4.78 is 19.8. The molecule has 178 valence electrons. The summed E-state index contributed by atoms with van der Waals surface area (Å²) in [4.78, 5) is 17.2. The molecule has 1 spiro atoms. The van der Waals surface area contributed by atoms with Gasteiger partial charge in [-0.2, -0.15) is 0 Å². The fourth-order valence-electron chi connectivity index (χ4n) is 5.12.